The number of aryl methyl sites for hydroxylation is 2. The van der Waals surface area contributed by atoms with E-state index in [-0.39, 0.29) is 11.3 Å². The van der Waals surface area contributed by atoms with Crippen LogP contribution >= 0.6 is 0 Å². The maximum atomic E-state index is 12.3. The van der Waals surface area contributed by atoms with Crippen molar-refractivity contribution in [2.24, 2.45) is 0 Å². The summed E-state index contributed by atoms with van der Waals surface area (Å²) in [5, 5.41) is 11.8. The van der Waals surface area contributed by atoms with Gasteiger partial charge in [0.2, 0.25) is 0 Å². The van der Waals surface area contributed by atoms with Crippen molar-refractivity contribution in [3.05, 3.63) is 71.3 Å². The maximum absolute atomic E-state index is 12.3. The summed E-state index contributed by atoms with van der Waals surface area (Å²) in [6, 6.07) is 16.3. The predicted octanol–water partition coefficient (Wildman–Crippen LogP) is 4.38. The Balaban J connectivity index is 1.97. The van der Waals surface area contributed by atoms with Crippen LogP contribution in [0.15, 0.2) is 54.6 Å². The zero-order valence-electron chi connectivity index (χ0n) is 12.5. The standard InChI is InChI=1S/C19H16O3/c1-12-9-13(2)11-15(10-12)22-19(21)17-8-7-14-5-3-4-6-16(14)18(17)20/h3-11,20H,1-2H3. The zero-order valence-corrected chi connectivity index (χ0v) is 12.5. The van der Waals surface area contributed by atoms with Gasteiger partial charge in [0.15, 0.2) is 0 Å². The molecule has 3 heteroatoms. The molecule has 0 saturated carbocycles. The number of hydrogen-bond acceptors (Lipinski definition) is 3. The number of hydrogen-bond donors (Lipinski definition) is 1. The second kappa shape index (κ2) is 5.53. The second-order valence-electron chi connectivity index (χ2n) is 5.40. The molecule has 0 fully saturated rings. The van der Waals surface area contributed by atoms with Crippen LogP contribution in [0, 0.1) is 13.8 Å². The number of esters is 1. The molecule has 110 valence electrons. The Bertz CT molecular complexity index is 845. The number of fused-ring (bicyclic) bond motifs is 1. The average molecular weight is 292 g/mol. The quantitative estimate of drug-likeness (QED) is 0.563. The third-order valence-electron chi connectivity index (χ3n) is 3.53. The summed E-state index contributed by atoms with van der Waals surface area (Å²) in [6.07, 6.45) is 0. The molecule has 3 nitrogen and oxygen atoms in total. The lowest BCUT2D eigenvalue weighted by Crippen LogP contribution is -2.09. The number of phenolic OH excluding ortho intramolecular Hbond substituents is 1. The van der Waals surface area contributed by atoms with Crippen LogP contribution in [0.3, 0.4) is 0 Å². The van der Waals surface area contributed by atoms with Crippen LogP contribution < -0.4 is 4.74 Å². The topological polar surface area (TPSA) is 46.5 Å². The molecule has 0 bridgehead atoms. The Kier molecular flexibility index (Phi) is 3.55. The maximum Gasteiger partial charge on any atom is 0.347 e. The van der Waals surface area contributed by atoms with E-state index in [2.05, 4.69) is 0 Å². The van der Waals surface area contributed by atoms with Crippen LogP contribution in [0.25, 0.3) is 10.8 Å². The number of benzene rings is 3. The Hall–Kier alpha value is -2.81. The van der Waals surface area contributed by atoms with Crippen LogP contribution in [-0.2, 0) is 0 Å². The molecule has 0 saturated heterocycles. The Morgan fingerprint density at radius 1 is 0.955 bits per heavy atom. The summed E-state index contributed by atoms with van der Waals surface area (Å²) >= 11 is 0. The molecule has 3 rings (SSSR count). The molecular formula is C19H16O3. The summed E-state index contributed by atoms with van der Waals surface area (Å²) in [7, 11) is 0. The van der Waals surface area contributed by atoms with E-state index in [1.807, 2.05) is 38.1 Å². The van der Waals surface area contributed by atoms with Crippen molar-refractivity contribution in [1.82, 2.24) is 0 Å². The highest BCUT2D eigenvalue weighted by molar-refractivity contribution is 6.01. The Labute approximate surface area is 128 Å². The molecule has 0 aliphatic heterocycles. The first-order valence-corrected chi connectivity index (χ1v) is 7.06. The largest absolute Gasteiger partial charge is 0.506 e. The Morgan fingerprint density at radius 2 is 1.64 bits per heavy atom. The normalized spacial score (nSPS) is 10.6. The first-order chi connectivity index (χ1) is 10.5. The molecule has 0 atom stereocenters. The highest BCUT2D eigenvalue weighted by atomic mass is 16.5. The summed E-state index contributed by atoms with van der Waals surface area (Å²) < 4.78 is 5.39. The summed E-state index contributed by atoms with van der Waals surface area (Å²) in [6.45, 7) is 3.88. The summed E-state index contributed by atoms with van der Waals surface area (Å²) in [4.78, 5) is 12.3. The van der Waals surface area contributed by atoms with Crippen molar-refractivity contribution in [3.8, 4) is 11.5 Å². The molecule has 0 aliphatic carbocycles. The van der Waals surface area contributed by atoms with Crippen molar-refractivity contribution >= 4 is 16.7 Å². The summed E-state index contributed by atoms with van der Waals surface area (Å²) in [5.74, 6) is -0.129. The monoisotopic (exact) mass is 292 g/mol. The SMILES string of the molecule is Cc1cc(C)cc(OC(=O)c2ccc3ccccc3c2O)c1. The molecule has 22 heavy (non-hydrogen) atoms. The molecule has 0 spiro atoms. The lowest BCUT2D eigenvalue weighted by Gasteiger charge is -2.09. The third kappa shape index (κ3) is 2.66. The zero-order chi connectivity index (χ0) is 15.7. The predicted molar refractivity (Wildman–Crippen MR) is 86.5 cm³/mol. The minimum Gasteiger partial charge on any atom is -0.506 e. The lowest BCUT2D eigenvalue weighted by molar-refractivity contribution is 0.0732. The molecule has 0 heterocycles. The van der Waals surface area contributed by atoms with E-state index in [0.29, 0.717) is 11.1 Å². The van der Waals surface area contributed by atoms with E-state index in [1.54, 1.807) is 30.3 Å². The fraction of sp³-hybridized carbons (Fsp3) is 0.105. The Morgan fingerprint density at radius 3 is 2.36 bits per heavy atom. The smallest absolute Gasteiger partial charge is 0.347 e. The molecule has 0 unspecified atom stereocenters. The molecule has 0 radical (unpaired) electrons. The molecule has 0 amide bonds. The molecule has 1 N–H and O–H groups in total. The van der Waals surface area contributed by atoms with Gasteiger partial charge in [0.05, 0.1) is 0 Å². The van der Waals surface area contributed by atoms with Crippen LogP contribution in [0.1, 0.15) is 21.5 Å². The van der Waals surface area contributed by atoms with Crippen molar-refractivity contribution < 1.29 is 14.6 Å². The van der Waals surface area contributed by atoms with Crippen LogP contribution in [-0.4, -0.2) is 11.1 Å². The van der Waals surface area contributed by atoms with Crippen molar-refractivity contribution in [1.29, 1.82) is 0 Å². The van der Waals surface area contributed by atoms with Gasteiger partial charge in [0, 0.05) is 5.39 Å². The van der Waals surface area contributed by atoms with Gasteiger partial charge in [-0.3, -0.25) is 0 Å². The average Bonchev–Trinajstić information content (AvgIpc) is 2.46. The van der Waals surface area contributed by atoms with Crippen LogP contribution in [0.5, 0.6) is 11.5 Å². The van der Waals surface area contributed by atoms with Gasteiger partial charge in [-0.2, -0.15) is 0 Å². The van der Waals surface area contributed by atoms with E-state index in [0.717, 1.165) is 16.5 Å². The number of rotatable bonds is 2. The molecule has 0 aromatic heterocycles. The van der Waals surface area contributed by atoms with Gasteiger partial charge in [-0.15, -0.1) is 0 Å². The van der Waals surface area contributed by atoms with Gasteiger partial charge in [-0.25, -0.2) is 4.79 Å². The van der Waals surface area contributed by atoms with Gasteiger partial charge in [-0.05, 0) is 48.6 Å². The van der Waals surface area contributed by atoms with E-state index in [4.69, 9.17) is 4.74 Å². The van der Waals surface area contributed by atoms with Crippen LogP contribution in [0.4, 0.5) is 0 Å². The van der Waals surface area contributed by atoms with Crippen LogP contribution in [0.2, 0.25) is 0 Å². The van der Waals surface area contributed by atoms with Gasteiger partial charge < -0.3 is 9.84 Å². The number of carbonyl (C=O) groups excluding carboxylic acids is 1. The minimum absolute atomic E-state index is 0.0486. The van der Waals surface area contributed by atoms with Gasteiger partial charge >= 0.3 is 5.97 Å². The van der Waals surface area contributed by atoms with E-state index in [9.17, 15) is 9.90 Å². The fourth-order valence-electron chi connectivity index (χ4n) is 2.57. The second-order valence-corrected chi connectivity index (χ2v) is 5.40. The lowest BCUT2D eigenvalue weighted by atomic mass is 10.1. The van der Waals surface area contributed by atoms with E-state index >= 15 is 0 Å². The van der Waals surface area contributed by atoms with Crippen molar-refractivity contribution in [2.75, 3.05) is 0 Å². The van der Waals surface area contributed by atoms with Gasteiger partial charge in [0.25, 0.3) is 0 Å². The third-order valence-corrected chi connectivity index (χ3v) is 3.53. The van der Waals surface area contributed by atoms with Gasteiger partial charge in [0.1, 0.15) is 17.1 Å². The summed E-state index contributed by atoms with van der Waals surface area (Å²) in [5.41, 5.74) is 2.20. The first kappa shape index (κ1) is 14.1. The molecule has 3 aromatic carbocycles. The minimum atomic E-state index is -0.562. The van der Waals surface area contributed by atoms with Crippen molar-refractivity contribution in [2.45, 2.75) is 13.8 Å². The number of phenols is 1. The van der Waals surface area contributed by atoms with E-state index < -0.39 is 5.97 Å². The van der Waals surface area contributed by atoms with E-state index in [1.165, 1.54) is 0 Å². The highest BCUT2D eigenvalue weighted by Crippen LogP contribution is 2.29. The molecule has 3 aromatic rings. The number of carbonyl (C=O) groups is 1. The fourth-order valence-corrected chi connectivity index (χ4v) is 2.57. The number of aromatic hydroxyl groups is 1. The molecule has 0 aliphatic rings. The van der Waals surface area contributed by atoms with Gasteiger partial charge in [-0.1, -0.05) is 36.4 Å². The highest BCUT2D eigenvalue weighted by Gasteiger charge is 2.16. The van der Waals surface area contributed by atoms with Crippen molar-refractivity contribution in [3.63, 3.8) is 0 Å². The number of ether oxygens (including phenoxy) is 1. The first-order valence-electron chi connectivity index (χ1n) is 7.06. The molecular weight excluding hydrogens is 276 g/mol.